The molecule has 0 atom stereocenters. The third-order valence-corrected chi connectivity index (χ3v) is 2.91. The number of nitrogens with zero attached hydrogens (tertiary/aromatic N) is 1. The molecular formula is C14H16N2O2. The molecular weight excluding hydrogens is 228 g/mol. The Morgan fingerprint density at radius 3 is 2.83 bits per heavy atom. The first kappa shape index (κ1) is 12.4. The lowest BCUT2D eigenvalue weighted by molar-refractivity contribution is -0.112. The summed E-state index contributed by atoms with van der Waals surface area (Å²) < 4.78 is 0. The molecule has 18 heavy (non-hydrogen) atoms. The molecule has 0 saturated carbocycles. The van der Waals surface area contributed by atoms with Gasteiger partial charge < -0.3 is 10.2 Å². The minimum Gasteiger partial charge on any atom is -0.368 e. The molecule has 1 aliphatic heterocycles. The molecule has 2 rings (SSSR count). The highest BCUT2D eigenvalue weighted by Crippen LogP contribution is 2.28. The van der Waals surface area contributed by atoms with Gasteiger partial charge in [-0.2, -0.15) is 0 Å². The molecule has 0 unspecified atom stereocenters. The molecule has 1 heterocycles. The van der Waals surface area contributed by atoms with Crippen LogP contribution in [0.5, 0.6) is 0 Å². The van der Waals surface area contributed by atoms with Crippen LogP contribution in [-0.4, -0.2) is 24.8 Å². The van der Waals surface area contributed by atoms with E-state index < -0.39 is 11.7 Å². The molecule has 1 aromatic carbocycles. The van der Waals surface area contributed by atoms with Crippen molar-refractivity contribution in [1.82, 2.24) is 0 Å². The molecule has 1 aliphatic rings. The molecule has 1 amide bonds. The SMILES string of the molecule is C=CCN(CCC)c1ccc2c(c1)NC(=O)C2=O. The second kappa shape index (κ2) is 5.04. The number of fused-ring (bicyclic) bond motifs is 1. The molecule has 0 saturated heterocycles. The van der Waals surface area contributed by atoms with Gasteiger partial charge >= 0.3 is 0 Å². The van der Waals surface area contributed by atoms with Gasteiger partial charge in [0.25, 0.3) is 11.7 Å². The van der Waals surface area contributed by atoms with E-state index in [9.17, 15) is 9.59 Å². The second-order valence-corrected chi connectivity index (χ2v) is 4.25. The number of carbonyl (C=O) groups is 2. The van der Waals surface area contributed by atoms with Gasteiger partial charge in [0.15, 0.2) is 0 Å². The number of hydrogen-bond donors (Lipinski definition) is 1. The second-order valence-electron chi connectivity index (χ2n) is 4.25. The molecule has 0 aromatic heterocycles. The average Bonchev–Trinajstić information content (AvgIpc) is 2.64. The molecule has 0 fully saturated rings. The van der Waals surface area contributed by atoms with Gasteiger partial charge in [-0.3, -0.25) is 9.59 Å². The van der Waals surface area contributed by atoms with Crippen molar-refractivity contribution in [3.63, 3.8) is 0 Å². The van der Waals surface area contributed by atoms with Crippen molar-refractivity contribution in [3.8, 4) is 0 Å². The van der Waals surface area contributed by atoms with Gasteiger partial charge in [-0.05, 0) is 24.6 Å². The summed E-state index contributed by atoms with van der Waals surface area (Å²) in [5, 5.41) is 2.59. The van der Waals surface area contributed by atoms with Gasteiger partial charge in [-0.15, -0.1) is 6.58 Å². The van der Waals surface area contributed by atoms with Crippen molar-refractivity contribution in [2.45, 2.75) is 13.3 Å². The van der Waals surface area contributed by atoms with Crippen molar-refractivity contribution in [3.05, 3.63) is 36.4 Å². The number of ketones is 1. The summed E-state index contributed by atoms with van der Waals surface area (Å²) in [5.74, 6) is -1.00. The number of carbonyl (C=O) groups excluding carboxylic acids is 2. The van der Waals surface area contributed by atoms with E-state index in [1.165, 1.54) is 0 Å². The van der Waals surface area contributed by atoms with Gasteiger partial charge in [0.2, 0.25) is 0 Å². The number of amides is 1. The molecule has 1 aromatic rings. The Labute approximate surface area is 106 Å². The van der Waals surface area contributed by atoms with Crippen LogP contribution in [-0.2, 0) is 4.79 Å². The van der Waals surface area contributed by atoms with Crippen LogP contribution >= 0.6 is 0 Å². The summed E-state index contributed by atoms with van der Waals surface area (Å²) in [6.07, 6.45) is 2.86. The van der Waals surface area contributed by atoms with Crippen molar-refractivity contribution in [1.29, 1.82) is 0 Å². The first-order chi connectivity index (χ1) is 8.67. The Morgan fingerprint density at radius 1 is 1.39 bits per heavy atom. The number of rotatable bonds is 5. The number of hydrogen-bond acceptors (Lipinski definition) is 3. The van der Waals surface area contributed by atoms with Gasteiger partial charge in [-0.1, -0.05) is 13.0 Å². The first-order valence-electron chi connectivity index (χ1n) is 6.03. The Kier molecular flexibility index (Phi) is 3.46. The van der Waals surface area contributed by atoms with Gasteiger partial charge in [-0.25, -0.2) is 0 Å². The van der Waals surface area contributed by atoms with Crippen molar-refractivity contribution in [2.24, 2.45) is 0 Å². The smallest absolute Gasteiger partial charge is 0.296 e. The average molecular weight is 244 g/mol. The van der Waals surface area contributed by atoms with Crippen LogP contribution in [0.15, 0.2) is 30.9 Å². The van der Waals surface area contributed by atoms with Crippen LogP contribution in [0.25, 0.3) is 0 Å². The largest absolute Gasteiger partial charge is 0.368 e. The van der Waals surface area contributed by atoms with Gasteiger partial charge in [0, 0.05) is 18.8 Å². The zero-order valence-corrected chi connectivity index (χ0v) is 10.4. The molecule has 0 bridgehead atoms. The maximum atomic E-state index is 11.5. The maximum absolute atomic E-state index is 11.5. The van der Waals surface area contributed by atoms with Crippen LogP contribution < -0.4 is 10.2 Å². The van der Waals surface area contributed by atoms with E-state index >= 15 is 0 Å². The predicted octanol–water partition coefficient (Wildman–Crippen LogP) is 2.22. The van der Waals surface area contributed by atoms with Crippen molar-refractivity contribution < 1.29 is 9.59 Å². The number of nitrogens with one attached hydrogen (secondary N) is 1. The van der Waals surface area contributed by atoms with Crippen LogP contribution in [0.4, 0.5) is 11.4 Å². The highest BCUT2D eigenvalue weighted by Gasteiger charge is 2.28. The fraction of sp³-hybridized carbons (Fsp3) is 0.286. The van der Waals surface area contributed by atoms with Gasteiger partial charge in [0.1, 0.15) is 0 Å². The fourth-order valence-corrected chi connectivity index (χ4v) is 2.08. The maximum Gasteiger partial charge on any atom is 0.296 e. The minimum atomic E-state index is -0.548. The monoisotopic (exact) mass is 244 g/mol. The summed E-state index contributed by atoms with van der Waals surface area (Å²) in [6, 6.07) is 5.42. The highest BCUT2D eigenvalue weighted by atomic mass is 16.2. The molecule has 4 nitrogen and oxygen atoms in total. The Hall–Kier alpha value is -2.10. The standard InChI is InChI=1S/C14H16N2O2/c1-3-7-16(8-4-2)10-5-6-11-12(9-10)15-14(18)13(11)17/h3,5-6,9H,1,4,7-8H2,2H3,(H,15,17,18). The lowest BCUT2D eigenvalue weighted by atomic mass is 10.1. The summed E-state index contributed by atoms with van der Waals surface area (Å²) in [4.78, 5) is 24.9. The molecule has 94 valence electrons. The summed E-state index contributed by atoms with van der Waals surface area (Å²) in [7, 11) is 0. The van der Waals surface area contributed by atoms with Crippen molar-refractivity contribution in [2.75, 3.05) is 23.3 Å². The van der Waals surface area contributed by atoms with E-state index in [0.717, 1.165) is 25.2 Å². The van der Waals surface area contributed by atoms with E-state index in [1.54, 1.807) is 6.07 Å². The summed E-state index contributed by atoms with van der Waals surface area (Å²) in [6.45, 7) is 7.50. The molecule has 0 spiro atoms. The third-order valence-electron chi connectivity index (χ3n) is 2.91. The predicted molar refractivity (Wildman–Crippen MR) is 72.1 cm³/mol. The van der Waals surface area contributed by atoms with Crippen LogP contribution in [0.2, 0.25) is 0 Å². The fourth-order valence-electron chi connectivity index (χ4n) is 2.08. The zero-order chi connectivity index (χ0) is 13.1. The summed E-state index contributed by atoms with van der Waals surface area (Å²) >= 11 is 0. The molecule has 0 aliphatic carbocycles. The van der Waals surface area contributed by atoms with Crippen LogP contribution in [0, 0.1) is 0 Å². The first-order valence-corrected chi connectivity index (χ1v) is 6.03. The number of anilines is 2. The van der Waals surface area contributed by atoms with E-state index in [2.05, 4.69) is 23.7 Å². The molecule has 0 radical (unpaired) electrons. The van der Waals surface area contributed by atoms with Crippen LogP contribution in [0.3, 0.4) is 0 Å². The molecule has 1 N–H and O–H groups in total. The number of benzene rings is 1. The normalized spacial score (nSPS) is 13.2. The van der Waals surface area contributed by atoms with E-state index in [-0.39, 0.29) is 0 Å². The quantitative estimate of drug-likeness (QED) is 0.638. The van der Waals surface area contributed by atoms with E-state index in [0.29, 0.717) is 11.3 Å². The Bertz CT molecular complexity index is 509. The van der Waals surface area contributed by atoms with Gasteiger partial charge in [0.05, 0.1) is 11.3 Å². The number of Topliss-reactive ketones (excluding diaryl/α,β-unsaturated/α-hetero) is 1. The summed E-state index contributed by atoms with van der Waals surface area (Å²) in [5.41, 5.74) is 2.05. The lowest BCUT2D eigenvalue weighted by Gasteiger charge is -2.23. The Morgan fingerprint density at radius 2 is 2.17 bits per heavy atom. The van der Waals surface area contributed by atoms with E-state index in [1.807, 2.05) is 18.2 Å². The molecule has 4 heteroatoms. The zero-order valence-electron chi connectivity index (χ0n) is 10.4. The van der Waals surface area contributed by atoms with E-state index in [4.69, 9.17) is 0 Å². The van der Waals surface area contributed by atoms with Crippen LogP contribution in [0.1, 0.15) is 23.7 Å². The highest BCUT2D eigenvalue weighted by molar-refractivity contribution is 6.51. The third kappa shape index (κ3) is 2.14. The lowest BCUT2D eigenvalue weighted by Crippen LogP contribution is -2.23. The Balaban J connectivity index is 2.31. The topological polar surface area (TPSA) is 49.4 Å². The minimum absolute atomic E-state index is 0.456. The van der Waals surface area contributed by atoms with Crippen molar-refractivity contribution >= 4 is 23.1 Å².